The van der Waals surface area contributed by atoms with E-state index in [0.29, 0.717) is 0 Å². The number of aromatic nitrogens is 2. The first-order valence-electron chi connectivity index (χ1n) is 9.11. The number of nitrogens with zero attached hydrogens (tertiary/aromatic N) is 3. The Labute approximate surface area is 153 Å². The zero-order valence-electron chi connectivity index (χ0n) is 14.9. The van der Waals surface area contributed by atoms with Crippen molar-refractivity contribution in [3.63, 3.8) is 0 Å². The molecular formula is C21H22N4O. The Hall–Kier alpha value is -2.95. The van der Waals surface area contributed by atoms with Gasteiger partial charge in [0.2, 0.25) is 0 Å². The van der Waals surface area contributed by atoms with Crippen molar-refractivity contribution in [3.8, 4) is 0 Å². The molecule has 1 aliphatic heterocycles. The van der Waals surface area contributed by atoms with Crippen molar-refractivity contribution < 1.29 is 4.79 Å². The zero-order valence-corrected chi connectivity index (χ0v) is 14.9. The minimum absolute atomic E-state index is 0.122. The molecule has 2 aromatic carbocycles. The summed E-state index contributed by atoms with van der Waals surface area (Å²) in [7, 11) is 0. The van der Waals surface area contributed by atoms with Gasteiger partial charge in [0.15, 0.2) is 5.82 Å². The minimum Gasteiger partial charge on any atom is -0.339 e. The number of likely N-dealkylation sites (tertiary alicyclic amines) is 1. The van der Waals surface area contributed by atoms with Crippen molar-refractivity contribution in [1.82, 2.24) is 15.1 Å². The lowest BCUT2D eigenvalue weighted by molar-refractivity contribution is 0.0724. The summed E-state index contributed by atoms with van der Waals surface area (Å²) in [6.07, 6.45) is 3.42. The third kappa shape index (κ3) is 3.25. The molecule has 0 unspecified atom stereocenters. The van der Waals surface area contributed by atoms with Crippen molar-refractivity contribution in [2.24, 2.45) is 0 Å². The van der Waals surface area contributed by atoms with Crippen LogP contribution in [0.1, 0.15) is 35.3 Å². The average molecular weight is 346 g/mol. The first kappa shape index (κ1) is 16.5. The number of hydrogen-bond acceptors (Lipinski definition) is 4. The van der Waals surface area contributed by atoms with Crippen LogP contribution in [-0.2, 0) is 0 Å². The van der Waals surface area contributed by atoms with E-state index in [2.05, 4.69) is 15.5 Å². The molecule has 4 rings (SSSR count). The number of anilines is 2. The van der Waals surface area contributed by atoms with Gasteiger partial charge in [-0.25, -0.2) is 0 Å². The molecule has 3 aromatic rings. The van der Waals surface area contributed by atoms with E-state index in [1.807, 2.05) is 60.4 Å². The number of carbonyl (C=O) groups is 1. The van der Waals surface area contributed by atoms with Gasteiger partial charge in [0, 0.05) is 35.1 Å². The summed E-state index contributed by atoms with van der Waals surface area (Å²) in [4.78, 5) is 14.5. The molecule has 132 valence electrons. The topological polar surface area (TPSA) is 58.1 Å². The number of hydrogen-bond donors (Lipinski definition) is 1. The van der Waals surface area contributed by atoms with Crippen molar-refractivity contribution >= 4 is 28.2 Å². The van der Waals surface area contributed by atoms with Crippen molar-refractivity contribution in [2.75, 3.05) is 18.4 Å². The largest absolute Gasteiger partial charge is 0.339 e. The third-order valence-corrected chi connectivity index (χ3v) is 4.91. The molecule has 1 aromatic heterocycles. The molecule has 0 spiro atoms. The van der Waals surface area contributed by atoms with Crippen LogP contribution in [-0.4, -0.2) is 34.1 Å². The maximum absolute atomic E-state index is 12.6. The van der Waals surface area contributed by atoms with Crippen LogP contribution < -0.4 is 5.32 Å². The van der Waals surface area contributed by atoms with Gasteiger partial charge in [-0.05, 0) is 50.5 Å². The highest BCUT2D eigenvalue weighted by atomic mass is 16.2. The van der Waals surface area contributed by atoms with Gasteiger partial charge >= 0.3 is 0 Å². The Bertz CT molecular complexity index is 930. The van der Waals surface area contributed by atoms with Crippen LogP contribution >= 0.6 is 0 Å². The van der Waals surface area contributed by atoms with Gasteiger partial charge < -0.3 is 10.2 Å². The standard InChI is InChI=1S/C21H22N4O/c1-15-18-7-3-4-8-19(18)20(24-23-15)22-17-11-9-16(10-12-17)21(26)25-13-5-2-6-14-25/h3-4,7-12H,2,5-6,13-14H2,1H3,(H,22,24). The molecule has 0 bridgehead atoms. The monoisotopic (exact) mass is 346 g/mol. The number of rotatable bonds is 3. The number of amides is 1. The van der Waals surface area contributed by atoms with Gasteiger partial charge in [0.1, 0.15) is 0 Å². The van der Waals surface area contributed by atoms with E-state index in [0.717, 1.165) is 59.5 Å². The highest BCUT2D eigenvalue weighted by Crippen LogP contribution is 2.25. The average Bonchev–Trinajstić information content (AvgIpc) is 2.71. The van der Waals surface area contributed by atoms with Gasteiger partial charge in [0.05, 0.1) is 5.69 Å². The molecule has 0 radical (unpaired) electrons. The lowest BCUT2D eigenvalue weighted by Crippen LogP contribution is -2.35. The third-order valence-electron chi connectivity index (χ3n) is 4.91. The van der Waals surface area contributed by atoms with Crippen LogP contribution in [0.2, 0.25) is 0 Å². The van der Waals surface area contributed by atoms with Gasteiger partial charge in [-0.3, -0.25) is 4.79 Å². The van der Waals surface area contributed by atoms with Crippen LogP contribution in [0.25, 0.3) is 10.8 Å². The Balaban J connectivity index is 1.55. The molecule has 0 saturated carbocycles. The number of aryl methyl sites for hydroxylation is 1. The fourth-order valence-corrected chi connectivity index (χ4v) is 3.44. The molecule has 1 amide bonds. The Morgan fingerprint density at radius 2 is 1.62 bits per heavy atom. The van der Waals surface area contributed by atoms with E-state index in [1.165, 1.54) is 6.42 Å². The van der Waals surface area contributed by atoms with Gasteiger partial charge in [-0.15, -0.1) is 5.10 Å². The summed E-state index contributed by atoms with van der Waals surface area (Å²) >= 11 is 0. The van der Waals surface area contributed by atoms with Crippen LogP contribution in [0.15, 0.2) is 48.5 Å². The summed E-state index contributed by atoms with van der Waals surface area (Å²) in [6, 6.07) is 15.7. The lowest BCUT2D eigenvalue weighted by atomic mass is 10.1. The van der Waals surface area contributed by atoms with E-state index in [4.69, 9.17) is 0 Å². The van der Waals surface area contributed by atoms with E-state index in [9.17, 15) is 4.79 Å². The minimum atomic E-state index is 0.122. The normalized spacial score (nSPS) is 14.4. The fraction of sp³-hybridized carbons (Fsp3) is 0.286. The molecule has 0 aliphatic carbocycles. The number of fused-ring (bicyclic) bond motifs is 1. The summed E-state index contributed by atoms with van der Waals surface area (Å²) in [6.45, 7) is 3.69. The van der Waals surface area contributed by atoms with E-state index in [-0.39, 0.29) is 5.91 Å². The van der Waals surface area contributed by atoms with Gasteiger partial charge in [0.25, 0.3) is 5.91 Å². The summed E-state index contributed by atoms with van der Waals surface area (Å²) < 4.78 is 0. The van der Waals surface area contributed by atoms with Crippen molar-refractivity contribution in [2.45, 2.75) is 26.2 Å². The van der Waals surface area contributed by atoms with E-state index in [1.54, 1.807) is 0 Å². The van der Waals surface area contributed by atoms with Gasteiger partial charge in [-0.1, -0.05) is 24.3 Å². The smallest absolute Gasteiger partial charge is 0.253 e. The molecular weight excluding hydrogens is 324 g/mol. The fourth-order valence-electron chi connectivity index (χ4n) is 3.44. The molecule has 2 heterocycles. The first-order chi connectivity index (χ1) is 12.7. The van der Waals surface area contributed by atoms with Gasteiger partial charge in [-0.2, -0.15) is 5.10 Å². The predicted octanol–water partition coefficient (Wildman–Crippen LogP) is 4.31. The lowest BCUT2D eigenvalue weighted by Gasteiger charge is -2.26. The molecule has 1 fully saturated rings. The summed E-state index contributed by atoms with van der Waals surface area (Å²) in [5.74, 6) is 0.845. The number of carbonyl (C=O) groups excluding carboxylic acids is 1. The maximum atomic E-state index is 12.6. The summed E-state index contributed by atoms with van der Waals surface area (Å²) in [5.41, 5.74) is 2.54. The molecule has 5 heteroatoms. The van der Waals surface area contributed by atoms with E-state index < -0.39 is 0 Å². The maximum Gasteiger partial charge on any atom is 0.253 e. The molecule has 1 aliphatic rings. The number of benzene rings is 2. The Morgan fingerprint density at radius 3 is 2.35 bits per heavy atom. The van der Waals surface area contributed by atoms with Crippen molar-refractivity contribution in [1.29, 1.82) is 0 Å². The second-order valence-electron chi connectivity index (χ2n) is 6.73. The molecule has 5 nitrogen and oxygen atoms in total. The zero-order chi connectivity index (χ0) is 17.9. The molecule has 26 heavy (non-hydrogen) atoms. The Kier molecular flexibility index (Phi) is 4.52. The SMILES string of the molecule is Cc1nnc(Nc2ccc(C(=O)N3CCCCC3)cc2)c2ccccc12. The molecule has 1 saturated heterocycles. The first-order valence-corrected chi connectivity index (χ1v) is 9.11. The number of nitrogens with one attached hydrogen (secondary N) is 1. The van der Waals surface area contributed by atoms with Crippen LogP contribution in [0, 0.1) is 6.92 Å². The molecule has 1 N–H and O–H groups in total. The quantitative estimate of drug-likeness (QED) is 0.768. The predicted molar refractivity (Wildman–Crippen MR) is 104 cm³/mol. The number of piperidine rings is 1. The molecule has 0 atom stereocenters. The second kappa shape index (κ2) is 7.12. The van der Waals surface area contributed by atoms with Crippen LogP contribution in [0.4, 0.5) is 11.5 Å². The Morgan fingerprint density at radius 1 is 0.923 bits per heavy atom. The van der Waals surface area contributed by atoms with Crippen LogP contribution in [0.5, 0.6) is 0 Å². The van der Waals surface area contributed by atoms with Crippen molar-refractivity contribution in [3.05, 3.63) is 59.8 Å². The second-order valence-corrected chi connectivity index (χ2v) is 6.73. The van der Waals surface area contributed by atoms with Crippen LogP contribution in [0.3, 0.4) is 0 Å². The highest BCUT2D eigenvalue weighted by Gasteiger charge is 2.18. The van der Waals surface area contributed by atoms with E-state index >= 15 is 0 Å². The highest BCUT2D eigenvalue weighted by molar-refractivity contribution is 5.96. The summed E-state index contributed by atoms with van der Waals surface area (Å²) in [5, 5.41) is 14.0.